The van der Waals surface area contributed by atoms with E-state index in [-0.39, 0.29) is 12.0 Å². The standard InChI is InChI=1S/C18H24N4O3S/c1-25-17(23)12-8-3-2-7-11-16(20-18(24)21-22-19)14-26-13-15-9-5-4-6-10-15/h4-7,9-11,16H,2-3,8,12-14H2,1H3,(H,20,24)/b11-7-/t16-/m1/s1. The fourth-order valence-corrected chi connectivity index (χ4v) is 3.14. The molecule has 0 spiro atoms. The van der Waals surface area contributed by atoms with Crippen molar-refractivity contribution >= 4 is 23.8 Å². The number of carbonyl (C=O) groups excluding carboxylic acids is 2. The van der Waals surface area contributed by atoms with Crippen molar-refractivity contribution in [3.05, 3.63) is 58.5 Å². The molecular weight excluding hydrogens is 352 g/mol. The summed E-state index contributed by atoms with van der Waals surface area (Å²) in [6.45, 7) is 0. The van der Waals surface area contributed by atoms with E-state index in [2.05, 4.69) is 32.2 Å². The highest BCUT2D eigenvalue weighted by Crippen LogP contribution is 2.14. The number of unbranched alkanes of at least 4 members (excludes halogenated alkanes) is 2. The van der Waals surface area contributed by atoms with Gasteiger partial charge in [0, 0.05) is 28.0 Å². The van der Waals surface area contributed by atoms with Gasteiger partial charge < -0.3 is 10.1 Å². The highest BCUT2D eigenvalue weighted by molar-refractivity contribution is 7.98. The monoisotopic (exact) mass is 376 g/mol. The molecule has 140 valence electrons. The molecule has 2 amide bonds. The number of carbonyl (C=O) groups is 2. The number of hydrogen-bond acceptors (Lipinski definition) is 4. The van der Waals surface area contributed by atoms with Crippen molar-refractivity contribution in [3.63, 3.8) is 0 Å². The van der Waals surface area contributed by atoms with Crippen LogP contribution in [0.1, 0.15) is 31.2 Å². The molecule has 1 aromatic carbocycles. The van der Waals surface area contributed by atoms with E-state index < -0.39 is 6.03 Å². The Morgan fingerprint density at radius 3 is 2.81 bits per heavy atom. The van der Waals surface area contributed by atoms with Gasteiger partial charge in [-0.15, -0.1) is 0 Å². The SMILES string of the molecule is COC(=O)CCCC/C=C\[C@H](CSCc1ccccc1)NC(=O)N=[N+]=[N-]. The molecule has 1 N–H and O–H groups in total. The lowest BCUT2D eigenvalue weighted by Crippen LogP contribution is -2.33. The fourth-order valence-electron chi connectivity index (χ4n) is 2.15. The predicted octanol–water partition coefficient (Wildman–Crippen LogP) is 4.60. The van der Waals surface area contributed by atoms with Gasteiger partial charge in [0.15, 0.2) is 0 Å². The summed E-state index contributed by atoms with van der Waals surface area (Å²) in [5.41, 5.74) is 9.56. The number of ether oxygens (including phenoxy) is 1. The Bertz CT molecular complexity index is 631. The number of allylic oxidation sites excluding steroid dienone is 1. The van der Waals surface area contributed by atoms with Gasteiger partial charge >= 0.3 is 12.0 Å². The van der Waals surface area contributed by atoms with E-state index in [0.29, 0.717) is 12.2 Å². The molecule has 0 aliphatic carbocycles. The number of hydrogen-bond donors (Lipinski definition) is 1. The number of amides is 2. The lowest BCUT2D eigenvalue weighted by molar-refractivity contribution is -0.140. The van der Waals surface area contributed by atoms with Crippen molar-refractivity contribution in [1.29, 1.82) is 0 Å². The third-order valence-corrected chi connectivity index (χ3v) is 4.58. The Balaban J connectivity index is 2.41. The quantitative estimate of drug-likeness (QED) is 0.152. The molecule has 1 atom stereocenters. The zero-order chi connectivity index (χ0) is 19.0. The third kappa shape index (κ3) is 10.4. The Hall–Kier alpha value is -2.44. The molecule has 0 fully saturated rings. The minimum absolute atomic E-state index is 0.203. The van der Waals surface area contributed by atoms with Crippen LogP contribution < -0.4 is 5.32 Å². The fraction of sp³-hybridized carbons (Fsp3) is 0.444. The summed E-state index contributed by atoms with van der Waals surface area (Å²) in [4.78, 5) is 25.0. The first-order chi connectivity index (χ1) is 12.7. The minimum atomic E-state index is -0.687. The van der Waals surface area contributed by atoms with Crippen LogP contribution in [0.3, 0.4) is 0 Å². The molecular formula is C18H24N4O3S. The second kappa shape index (κ2) is 13.8. The zero-order valence-corrected chi connectivity index (χ0v) is 15.7. The first-order valence-electron chi connectivity index (χ1n) is 8.36. The molecule has 1 rings (SSSR count). The van der Waals surface area contributed by atoms with Crippen LogP contribution >= 0.6 is 11.8 Å². The van der Waals surface area contributed by atoms with E-state index in [0.717, 1.165) is 25.0 Å². The van der Waals surface area contributed by atoms with Crippen LogP contribution in [0.4, 0.5) is 4.79 Å². The summed E-state index contributed by atoms with van der Waals surface area (Å²) < 4.78 is 4.60. The summed E-state index contributed by atoms with van der Waals surface area (Å²) in [5.74, 6) is 1.30. The number of azide groups is 1. The zero-order valence-electron chi connectivity index (χ0n) is 14.8. The van der Waals surface area contributed by atoms with Crippen LogP contribution in [0.2, 0.25) is 0 Å². The topological polar surface area (TPSA) is 104 Å². The molecule has 0 aliphatic heterocycles. The third-order valence-electron chi connectivity index (χ3n) is 3.45. The number of thioether (sulfide) groups is 1. The molecule has 0 radical (unpaired) electrons. The maximum atomic E-state index is 11.5. The van der Waals surface area contributed by atoms with Crippen LogP contribution in [0.25, 0.3) is 10.4 Å². The summed E-state index contributed by atoms with van der Waals surface area (Å²) in [6.07, 6.45) is 6.71. The molecule has 7 nitrogen and oxygen atoms in total. The van der Waals surface area contributed by atoms with Crippen molar-refractivity contribution in [1.82, 2.24) is 5.32 Å². The normalized spacial score (nSPS) is 11.6. The minimum Gasteiger partial charge on any atom is -0.469 e. The molecule has 0 heterocycles. The Kier molecular flexibility index (Phi) is 11.5. The number of urea groups is 1. The number of nitrogens with zero attached hydrogens (tertiary/aromatic N) is 3. The lowest BCUT2D eigenvalue weighted by Gasteiger charge is -2.13. The van der Waals surface area contributed by atoms with Gasteiger partial charge in [-0.1, -0.05) is 42.5 Å². The second-order valence-corrected chi connectivity index (χ2v) is 6.53. The first-order valence-corrected chi connectivity index (χ1v) is 9.52. The maximum absolute atomic E-state index is 11.5. The highest BCUT2D eigenvalue weighted by Gasteiger charge is 2.08. The van der Waals surface area contributed by atoms with Crippen LogP contribution in [0, 0.1) is 0 Å². The van der Waals surface area contributed by atoms with E-state index in [9.17, 15) is 9.59 Å². The van der Waals surface area contributed by atoms with Gasteiger partial charge in [0.2, 0.25) is 0 Å². The van der Waals surface area contributed by atoms with E-state index >= 15 is 0 Å². The Labute approximate surface area is 157 Å². The van der Waals surface area contributed by atoms with E-state index in [1.165, 1.54) is 12.7 Å². The van der Waals surface area contributed by atoms with Gasteiger partial charge in [0.1, 0.15) is 0 Å². The van der Waals surface area contributed by atoms with Crippen LogP contribution in [0.15, 0.2) is 47.6 Å². The van der Waals surface area contributed by atoms with Crippen LogP contribution in [-0.2, 0) is 15.3 Å². The number of esters is 1. The number of benzene rings is 1. The lowest BCUT2D eigenvalue weighted by atomic mass is 10.1. The van der Waals surface area contributed by atoms with Gasteiger partial charge in [0.25, 0.3) is 0 Å². The average molecular weight is 376 g/mol. The van der Waals surface area contributed by atoms with Gasteiger partial charge in [0.05, 0.1) is 13.2 Å². The average Bonchev–Trinajstić information content (AvgIpc) is 2.65. The molecule has 0 aliphatic rings. The van der Waals surface area contributed by atoms with Crippen LogP contribution in [0.5, 0.6) is 0 Å². The number of methoxy groups -OCH3 is 1. The smallest absolute Gasteiger partial charge is 0.308 e. The van der Waals surface area contributed by atoms with Crippen LogP contribution in [-0.4, -0.2) is 30.9 Å². The first kappa shape index (κ1) is 21.6. The van der Waals surface area contributed by atoms with Crippen molar-refractivity contribution in [3.8, 4) is 0 Å². The van der Waals surface area contributed by atoms with Gasteiger partial charge in [-0.2, -0.15) is 11.8 Å². The van der Waals surface area contributed by atoms with Crippen molar-refractivity contribution in [2.24, 2.45) is 5.11 Å². The summed E-state index contributed by atoms with van der Waals surface area (Å²) in [7, 11) is 1.38. The summed E-state index contributed by atoms with van der Waals surface area (Å²) >= 11 is 1.69. The maximum Gasteiger partial charge on any atom is 0.308 e. The van der Waals surface area contributed by atoms with Gasteiger partial charge in [-0.3, -0.25) is 9.59 Å². The number of rotatable bonds is 11. The predicted molar refractivity (Wildman–Crippen MR) is 104 cm³/mol. The highest BCUT2D eigenvalue weighted by atomic mass is 32.2. The molecule has 26 heavy (non-hydrogen) atoms. The Morgan fingerprint density at radius 1 is 1.35 bits per heavy atom. The molecule has 0 saturated carbocycles. The number of nitrogens with one attached hydrogen (secondary N) is 1. The van der Waals surface area contributed by atoms with E-state index in [4.69, 9.17) is 5.53 Å². The van der Waals surface area contributed by atoms with Gasteiger partial charge in [-0.25, -0.2) is 0 Å². The molecule has 0 aromatic heterocycles. The van der Waals surface area contributed by atoms with E-state index in [1.807, 2.05) is 30.4 Å². The summed E-state index contributed by atoms with van der Waals surface area (Å²) in [5, 5.41) is 5.73. The largest absolute Gasteiger partial charge is 0.469 e. The summed E-state index contributed by atoms with van der Waals surface area (Å²) in [6, 6.07) is 9.15. The van der Waals surface area contributed by atoms with E-state index in [1.54, 1.807) is 11.8 Å². The second-order valence-electron chi connectivity index (χ2n) is 5.50. The Morgan fingerprint density at radius 2 is 2.12 bits per heavy atom. The van der Waals surface area contributed by atoms with Gasteiger partial charge in [-0.05, 0) is 30.4 Å². The molecule has 1 aromatic rings. The van der Waals surface area contributed by atoms with Crippen molar-refractivity contribution < 1.29 is 14.3 Å². The molecule has 0 bridgehead atoms. The molecule has 8 heteroatoms. The van der Waals surface area contributed by atoms with Crippen molar-refractivity contribution in [2.75, 3.05) is 12.9 Å². The van der Waals surface area contributed by atoms with Crippen molar-refractivity contribution in [2.45, 2.75) is 37.5 Å². The molecule has 0 unspecified atom stereocenters. The molecule has 0 saturated heterocycles.